The number of hydrogen-bond acceptors (Lipinski definition) is 2. The Bertz CT molecular complexity index is 950. The summed E-state index contributed by atoms with van der Waals surface area (Å²) in [5.74, 6) is 1.30. The second-order valence-corrected chi connectivity index (χ2v) is 9.73. The normalized spacial score (nSPS) is 12.7. The minimum Gasteiger partial charge on any atom is -0.489 e. The molecule has 0 aliphatic rings. The molecule has 0 heterocycles. The number of ether oxygens (including phenoxy) is 1. The van der Waals surface area contributed by atoms with Crippen molar-refractivity contribution in [3.05, 3.63) is 101 Å². The standard InChI is InChI=1S/C29H36O2/c1-21(2)24-14-11-22(12-15-24)13-17-27(30)26-19-25(29(3,4)5)16-18-28(26)31-20-23-9-7-6-8-10-23/h6-12,14-16,18-19,21,27,30H,13,17,20H2,1-5H3. The molecular weight excluding hydrogens is 380 g/mol. The van der Waals surface area contributed by atoms with E-state index in [-0.39, 0.29) is 5.41 Å². The van der Waals surface area contributed by atoms with Gasteiger partial charge in [-0.15, -0.1) is 0 Å². The monoisotopic (exact) mass is 416 g/mol. The van der Waals surface area contributed by atoms with E-state index in [0.29, 0.717) is 18.9 Å². The fourth-order valence-electron chi connectivity index (χ4n) is 3.67. The van der Waals surface area contributed by atoms with Crippen molar-refractivity contribution in [3.63, 3.8) is 0 Å². The highest BCUT2D eigenvalue weighted by Gasteiger charge is 2.20. The molecule has 3 aromatic carbocycles. The summed E-state index contributed by atoms with van der Waals surface area (Å²) in [6.07, 6.45) is 0.922. The zero-order chi connectivity index (χ0) is 22.4. The quantitative estimate of drug-likeness (QED) is 0.416. The number of aryl methyl sites for hydroxylation is 1. The van der Waals surface area contributed by atoms with Crippen LogP contribution in [0.3, 0.4) is 0 Å². The minimum absolute atomic E-state index is 0.0130. The summed E-state index contributed by atoms with van der Waals surface area (Å²) in [6.45, 7) is 11.5. The largest absolute Gasteiger partial charge is 0.489 e. The Kier molecular flexibility index (Phi) is 7.56. The predicted molar refractivity (Wildman–Crippen MR) is 130 cm³/mol. The summed E-state index contributed by atoms with van der Waals surface area (Å²) < 4.78 is 6.15. The van der Waals surface area contributed by atoms with Crippen LogP contribution in [0.15, 0.2) is 72.8 Å². The molecular formula is C29H36O2. The van der Waals surface area contributed by atoms with E-state index < -0.39 is 6.10 Å². The highest BCUT2D eigenvalue weighted by atomic mass is 16.5. The average Bonchev–Trinajstić information content (AvgIpc) is 2.76. The molecule has 2 nitrogen and oxygen atoms in total. The summed E-state index contributed by atoms with van der Waals surface area (Å²) in [7, 11) is 0. The summed E-state index contributed by atoms with van der Waals surface area (Å²) >= 11 is 0. The van der Waals surface area contributed by atoms with Gasteiger partial charge < -0.3 is 9.84 Å². The molecule has 3 rings (SSSR count). The third-order valence-electron chi connectivity index (χ3n) is 5.82. The van der Waals surface area contributed by atoms with E-state index in [1.807, 2.05) is 24.3 Å². The van der Waals surface area contributed by atoms with Gasteiger partial charge in [0.2, 0.25) is 0 Å². The molecule has 0 aliphatic carbocycles. The topological polar surface area (TPSA) is 29.5 Å². The lowest BCUT2D eigenvalue weighted by atomic mass is 9.85. The van der Waals surface area contributed by atoms with Gasteiger partial charge in [-0.05, 0) is 58.6 Å². The second kappa shape index (κ2) is 10.2. The molecule has 0 aromatic heterocycles. The Morgan fingerprint density at radius 1 is 0.839 bits per heavy atom. The van der Waals surface area contributed by atoms with E-state index in [2.05, 4.69) is 83.1 Å². The summed E-state index contributed by atoms with van der Waals surface area (Å²) in [5, 5.41) is 11.1. The van der Waals surface area contributed by atoms with Crippen molar-refractivity contribution in [3.8, 4) is 5.75 Å². The van der Waals surface area contributed by atoms with Crippen LogP contribution in [0.4, 0.5) is 0 Å². The molecule has 0 bridgehead atoms. The first-order valence-corrected chi connectivity index (χ1v) is 11.3. The van der Waals surface area contributed by atoms with Crippen LogP contribution >= 0.6 is 0 Å². The maximum Gasteiger partial charge on any atom is 0.125 e. The molecule has 0 radical (unpaired) electrons. The van der Waals surface area contributed by atoms with Gasteiger partial charge in [0.1, 0.15) is 12.4 Å². The highest BCUT2D eigenvalue weighted by molar-refractivity contribution is 5.41. The van der Waals surface area contributed by atoms with Crippen LogP contribution in [0.5, 0.6) is 5.75 Å². The lowest BCUT2D eigenvalue weighted by Gasteiger charge is -2.23. The van der Waals surface area contributed by atoms with Crippen LogP contribution in [0.25, 0.3) is 0 Å². The first-order chi connectivity index (χ1) is 14.7. The first kappa shape index (κ1) is 23.1. The summed E-state index contributed by atoms with van der Waals surface area (Å²) in [6, 6.07) is 25.1. The van der Waals surface area contributed by atoms with Crippen LogP contribution < -0.4 is 4.74 Å². The fourth-order valence-corrected chi connectivity index (χ4v) is 3.67. The first-order valence-electron chi connectivity index (χ1n) is 11.3. The van der Waals surface area contributed by atoms with Gasteiger partial charge in [0, 0.05) is 5.56 Å². The molecule has 3 aromatic rings. The molecule has 0 amide bonds. The van der Waals surface area contributed by atoms with Crippen molar-refractivity contribution in [2.75, 3.05) is 0 Å². The fraction of sp³-hybridized carbons (Fsp3) is 0.379. The Hall–Kier alpha value is -2.58. The summed E-state index contributed by atoms with van der Waals surface area (Å²) in [5.41, 5.74) is 5.81. The van der Waals surface area contributed by atoms with Gasteiger partial charge in [0.15, 0.2) is 0 Å². The van der Waals surface area contributed by atoms with E-state index in [0.717, 1.165) is 23.3 Å². The number of hydrogen-bond donors (Lipinski definition) is 1. The number of rotatable bonds is 8. The Labute approximate surface area is 187 Å². The van der Waals surface area contributed by atoms with Crippen molar-refractivity contribution >= 4 is 0 Å². The molecule has 0 saturated heterocycles. The Morgan fingerprint density at radius 2 is 1.52 bits per heavy atom. The number of benzene rings is 3. The maximum atomic E-state index is 11.1. The van der Waals surface area contributed by atoms with Crippen LogP contribution in [0.1, 0.15) is 80.9 Å². The van der Waals surface area contributed by atoms with E-state index in [9.17, 15) is 5.11 Å². The van der Waals surface area contributed by atoms with Gasteiger partial charge in [0.05, 0.1) is 6.10 Å². The third kappa shape index (κ3) is 6.45. The third-order valence-corrected chi connectivity index (χ3v) is 5.82. The van der Waals surface area contributed by atoms with E-state index in [4.69, 9.17) is 4.74 Å². The lowest BCUT2D eigenvalue weighted by molar-refractivity contribution is 0.160. The van der Waals surface area contributed by atoms with E-state index in [1.54, 1.807) is 0 Å². The van der Waals surface area contributed by atoms with E-state index in [1.165, 1.54) is 16.7 Å². The van der Waals surface area contributed by atoms with Gasteiger partial charge >= 0.3 is 0 Å². The second-order valence-electron chi connectivity index (χ2n) is 9.73. The molecule has 164 valence electrons. The molecule has 0 aliphatic heterocycles. The SMILES string of the molecule is CC(C)c1ccc(CCC(O)c2cc(C(C)(C)C)ccc2OCc2ccccc2)cc1. The van der Waals surface area contributed by atoms with Crippen molar-refractivity contribution in [1.82, 2.24) is 0 Å². The van der Waals surface area contributed by atoms with Gasteiger partial charge in [-0.3, -0.25) is 0 Å². The minimum atomic E-state index is -0.571. The smallest absolute Gasteiger partial charge is 0.125 e. The molecule has 1 N–H and O–H groups in total. The molecule has 0 saturated carbocycles. The zero-order valence-electron chi connectivity index (χ0n) is 19.6. The van der Waals surface area contributed by atoms with Crippen molar-refractivity contribution in [2.45, 2.75) is 71.5 Å². The summed E-state index contributed by atoms with van der Waals surface area (Å²) in [4.78, 5) is 0. The van der Waals surface area contributed by atoms with Crippen molar-refractivity contribution in [2.24, 2.45) is 0 Å². The van der Waals surface area contributed by atoms with E-state index >= 15 is 0 Å². The zero-order valence-corrected chi connectivity index (χ0v) is 19.6. The van der Waals surface area contributed by atoms with Crippen LogP contribution in [-0.2, 0) is 18.4 Å². The molecule has 0 fully saturated rings. The van der Waals surface area contributed by atoms with Crippen LogP contribution in [0.2, 0.25) is 0 Å². The van der Waals surface area contributed by atoms with Crippen LogP contribution in [0, 0.1) is 0 Å². The van der Waals surface area contributed by atoms with Gasteiger partial charge in [0.25, 0.3) is 0 Å². The lowest BCUT2D eigenvalue weighted by Crippen LogP contribution is -2.13. The van der Waals surface area contributed by atoms with Gasteiger partial charge in [-0.2, -0.15) is 0 Å². The van der Waals surface area contributed by atoms with Gasteiger partial charge in [-0.25, -0.2) is 0 Å². The van der Waals surface area contributed by atoms with Gasteiger partial charge in [-0.1, -0.05) is 95.3 Å². The molecule has 1 atom stereocenters. The van der Waals surface area contributed by atoms with Crippen LogP contribution in [-0.4, -0.2) is 5.11 Å². The number of aliphatic hydroxyl groups is 1. The molecule has 0 spiro atoms. The van der Waals surface area contributed by atoms with Crippen molar-refractivity contribution in [1.29, 1.82) is 0 Å². The number of aliphatic hydroxyl groups excluding tert-OH is 1. The molecule has 2 heteroatoms. The molecule has 31 heavy (non-hydrogen) atoms. The van der Waals surface area contributed by atoms with Crippen molar-refractivity contribution < 1.29 is 9.84 Å². The molecule has 1 unspecified atom stereocenters. The average molecular weight is 417 g/mol. The predicted octanol–water partition coefficient (Wildman–Crippen LogP) is 7.35. The Balaban J connectivity index is 1.76. The highest BCUT2D eigenvalue weighted by Crippen LogP contribution is 2.34. The maximum absolute atomic E-state index is 11.1. The Morgan fingerprint density at radius 3 is 2.13 bits per heavy atom.